The topological polar surface area (TPSA) is 260 Å². The Hall–Kier alpha value is -8.79. The van der Waals surface area contributed by atoms with Crippen molar-refractivity contribution in [2.24, 2.45) is 5.92 Å². The van der Waals surface area contributed by atoms with Crippen molar-refractivity contribution in [2.75, 3.05) is 30.2 Å². The molecule has 1 aliphatic rings. The van der Waals surface area contributed by atoms with Gasteiger partial charge in [-0.15, -0.1) is 8.78 Å². The molecule has 0 saturated heterocycles. The SMILES string of the molecule is COc1c(NC(=O)c2ccc(NC(=O)c3ccc(NC(=O)[C@H](CC#N)CC(=O)c4ccc(CC(=O)/C(C)=C/c5ccc6c(c5)OC(F)(F)O6)cc4)cc3)c(OC)c2O)ccc(C(=O)O)c1O. The number of nitriles is 1. The van der Waals surface area contributed by atoms with Gasteiger partial charge >= 0.3 is 12.3 Å². The number of halogens is 2. The van der Waals surface area contributed by atoms with Crippen LogP contribution in [-0.2, 0) is 16.0 Å². The molecular weight excluding hydrogens is 867 g/mol. The number of ether oxygens (including phenoxy) is 4. The van der Waals surface area contributed by atoms with E-state index in [-0.39, 0.29) is 81.8 Å². The third-order valence-electron chi connectivity index (χ3n) is 10.1. The number of aromatic hydroxyl groups is 2. The highest BCUT2D eigenvalue weighted by Gasteiger charge is 2.43. The molecule has 5 aromatic carbocycles. The smallest absolute Gasteiger partial charge is 0.504 e. The molecule has 0 radical (unpaired) electrons. The minimum Gasteiger partial charge on any atom is -0.504 e. The van der Waals surface area contributed by atoms with Crippen LogP contribution in [-0.4, -0.2) is 71.1 Å². The first-order chi connectivity index (χ1) is 31.4. The number of carboxylic acids is 1. The second-order valence-electron chi connectivity index (χ2n) is 14.5. The average Bonchev–Trinajstić information content (AvgIpc) is 3.59. The standard InChI is InChI=1S/C47H38F2N4O13/c1-24(20-26-6-17-37-38(22-26)66-47(48,49)65-37)35(54)21-25-4-7-27(8-5-25)36(55)23-29(18-19-50)44(59)51-30-11-9-28(10-12-30)43(58)52-33-15-13-31(39(56)41(33)63-2)45(60)53-34-16-14-32(46(61)62)40(57)42(34)64-3/h4-17,20,22,29,56-57H,18,21,23H2,1-3H3,(H,51,59)(H,52,58)(H,53,60)(H,61,62)/b24-20+/t29-/m1/s1. The van der Waals surface area contributed by atoms with Crippen LogP contribution >= 0.6 is 0 Å². The molecule has 1 aliphatic heterocycles. The Kier molecular flexibility index (Phi) is 14.0. The molecule has 19 heteroatoms. The van der Waals surface area contributed by atoms with E-state index in [9.17, 15) is 58.1 Å². The van der Waals surface area contributed by atoms with E-state index in [2.05, 4.69) is 25.4 Å². The highest BCUT2D eigenvalue weighted by molar-refractivity contribution is 6.10. The summed E-state index contributed by atoms with van der Waals surface area (Å²) in [5.41, 5.74) is 1.07. The molecule has 0 unspecified atom stereocenters. The maximum absolute atomic E-state index is 13.4. The zero-order valence-corrected chi connectivity index (χ0v) is 35.1. The molecule has 338 valence electrons. The van der Waals surface area contributed by atoms with Gasteiger partial charge in [0.25, 0.3) is 11.8 Å². The third kappa shape index (κ3) is 10.7. The number of carbonyl (C=O) groups excluding carboxylic acids is 5. The van der Waals surface area contributed by atoms with Crippen molar-refractivity contribution in [3.8, 4) is 40.6 Å². The first kappa shape index (κ1) is 46.7. The quantitative estimate of drug-likeness (QED) is 0.0388. The Morgan fingerprint density at radius 2 is 1.33 bits per heavy atom. The molecule has 0 bridgehead atoms. The largest absolute Gasteiger partial charge is 0.586 e. The molecule has 0 aromatic heterocycles. The molecule has 0 fully saturated rings. The molecule has 6 N–H and O–H groups in total. The fourth-order valence-corrected chi connectivity index (χ4v) is 6.67. The predicted molar refractivity (Wildman–Crippen MR) is 231 cm³/mol. The summed E-state index contributed by atoms with van der Waals surface area (Å²) in [7, 11) is 2.34. The van der Waals surface area contributed by atoms with Gasteiger partial charge in [0.15, 0.2) is 46.1 Å². The number of allylic oxidation sites excluding steroid dienone is 1. The summed E-state index contributed by atoms with van der Waals surface area (Å²) in [4.78, 5) is 77.2. The summed E-state index contributed by atoms with van der Waals surface area (Å²) in [5.74, 6) is -7.63. The second-order valence-corrected chi connectivity index (χ2v) is 14.5. The van der Waals surface area contributed by atoms with E-state index in [1.807, 2.05) is 6.07 Å². The zero-order chi connectivity index (χ0) is 47.9. The van der Waals surface area contributed by atoms with E-state index >= 15 is 0 Å². The molecule has 0 spiro atoms. The molecule has 0 saturated carbocycles. The first-order valence-corrected chi connectivity index (χ1v) is 19.6. The van der Waals surface area contributed by atoms with E-state index < -0.39 is 58.7 Å². The lowest BCUT2D eigenvalue weighted by molar-refractivity contribution is -0.286. The summed E-state index contributed by atoms with van der Waals surface area (Å²) in [6.07, 6.45) is -2.86. The lowest BCUT2D eigenvalue weighted by atomic mass is 9.94. The second kappa shape index (κ2) is 19.7. The van der Waals surface area contributed by atoms with Gasteiger partial charge in [-0.25, -0.2) is 4.79 Å². The van der Waals surface area contributed by atoms with Gasteiger partial charge in [-0.2, -0.15) is 5.26 Å². The number of benzene rings is 5. The van der Waals surface area contributed by atoms with Crippen molar-refractivity contribution in [3.63, 3.8) is 0 Å². The molecule has 5 aromatic rings. The van der Waals surface area contributed by atoms with E-state index in [1.165, 1.54) is 86.0 Å². The average molecular weight is 905 g/mol. The highest BCUT2D eigenvalue weighted by Crippen LogP contribution is 2.42. The lowest BCUT2D eigenvalue weighted by Gasteiger charge is -2.16. The van der Waals surface area contributed by atoms with Crippen LogP contribution in [0.5, 0.6) is 34.5 Å². The summed E-state index contributed by atoms with van der Waals surface area (Å²) in [6.45, 7) is 1.58. The Morgan fingerprint density at radius 3 is 1.94 bits per heavy atom. The minimum atomic E-state index is -3.77. The van der Waals surface area contributed by atoms with Gasteiger partial charge in [0.05, 0.1) is 43.1 Å². The van der Waals surface area contributed by atoms with Crippen molar-refractivity contribution < 1.29 is 71.8 Å². The highest BCUT2D eigenvalue weighted by atomic mass is 19.3. The number of hydrogen-bond acceptors (Lipinski definition) is 13. The fourth-order valence-electron chi connectivity index (χ4n) is 6.67. The maximum Gasteiger partial charge on any atom is 0.586 e. The summed E-state index contributed by atoms with van der Waals surface area (Å²) < 4.78 is 46.0. The molecule has 17 nitrogen and oxygen atoms in total. The van der Waals surface area contributed by atoms with Crippen LogP contribution in [0.3, 0.4) is 0 Å². The van der Waals surface area contributed by atoms with E-state index in [4.69, 9.17) is 9.47 Å². The van der Waals surface area contributed by atoms with Crippen LogP contribution in [0, 0.1) is 17.2 Å². The molecule has 6 rings (SSSR count). The minimum absolute atomic E-state index is 0.0221. The molecule has 1 heterocycles. The molecule has 0 aliphatic carbocycles. The van der Waals surface area contributed by atoms with E-state index in [1.54, 1.807) is 19.1 Å². The number of nitrogens with zero attached hydrogens (tertiary/aromatic N) is 1. The monoisotopic (exact) mass is 904 g/mol. The Morgan fingerprint density at radius 1 is 0.758 bits per heavy atom. The number of aromatic carboxylic acids is 1. The van der Waals surface area contributed by atoms with Crippen LogP contribution < -0.4 is 34.9 Å². The van der Waals surface area contributed by atoms with Gasteiger partial charge in [0.1, 0.15) is 5.56 Å². The first-order valence-electron chi connectivity index (χ1n) is 19.6. The van der Waals surface area contributed by atoms with Gasteiger partial charge in [0.2, 0.25) is 5.91 Å². The normalized spacial score (nSPS) is 12.8. The fraction of sp³-hybridized carbons (Fsp3) is 0.170. The van der Waals surface area contributed by atoms with Crippen LogP contribution in [0.25, 0.3) is 6.08 Å². The van der Waals surface area contributed by atoms with Gasteiger partial charge < -0.3 is 50.2 Å². The maximum atomic E-state index is 13.4. The number of carbonyl (C=O) groups is 6. The number of hydrogen-bond donors (Lipinski definition) is 6. The Balaban J connectivity index is 1.03. The van der Waals surface area contributed by atoms with Crippen LogP contribution in [0.1, 0.15) is 72.3 Å². The van der Waals surface area contributed by atoms with Crippen LogP contribution in [0.15, 0.2) is 96.6 Å². The van der Waals surface area contributed by atoms with E-state index in [0.29, 0.717) is 16.7 Å². The van der Waals surface area contributed by atoms with Crippen molar-refractivity contribution in [1.29, 1.82) is 5.26 Å². The van der Waals surface area contributed by atoms with Crippen molar-refractivity contribution >= 4 is 58.4 Å². The number of nitrogens with one attached hydrogen (secondary N) is 3. The van der Waals surface area contributed by atoms with Gasteiger partial charge in [-0.1, -0.05) is 30.3 Å². The number of amides is 3. The number of ketones is 2. The van der Waals surface area contributed by atoms with Crippen molar-refractivity contribution in [1.82, 2.24) is 0 Å². The van der Waals surface area contributed by atoms with Gasteiger partial charge in [-0.3, -0.25) is 24.0 Å². The number of anilines is 3. The summed E-state index contributed by atoms with van der Waals surface area (Å²) >= 11 is 0. The molecule has 1 atom stereocenters. The Bertz CT molecular complexity index is 2840. The predicted octanol–water partition coefficient (Wildman–Crippen LogP) is 7.60. The number of phenolic OH excluding ortho intramolecular Hbond substituents is 1. The third-order valence-corrected chi connectivity index (χ3v) is 10.1. The summed E-state index contributed by atoms with van der Waals surface area (Å²) in [5, 5.41) is 47.6. The Labute approximate surface area is 373 Å². The van der Waals surface area contributed by atoms with Crippen molar-refractivity contribution in [2.45, 2.75) is 32.5 Å². The lowest BCUT2D eigenvalue weighted by Crippen LogP contribution is -2.25. The summed E-state index contributed by atoms with van der Waals surface area (Å²) in [6, 6.07) is 22.6. The number of phenols is 2. The van der Waals surface area contributed by atoms with E-state index in [0.717, 1.165) is 13.2 Å². The zero-order valence-electron chi connectivity index (χ0n) is 35.1. The van der Waals surface area contributed by atoms with Crippen molar-refractivity contribution in [3.05, 3.63) is 130 Å². The number of Topliss-reactive ketones (excluding diaryl/α,β-unsaturated/α-hetero) is 2. The number of alkyl halides is 2. The van der Waals surface area contributed by atoms with Gasteiger partial charge in [0, 0.05) is 36.1 Å². The van der Waals surface area contributed by atoms with Crippen LogP contribution in [0.4, 0.5) is 25.8 Å². The number of fused-ring (bicyclic) bond motifs is 1. The molecular formula is C47H38F2N4O13. The number of rotatable bonds is 17. The number of carboxylic acid groups (broad SMARTS) is 1. The molecule has 66 heavy (non-hydrogen) atoms. The van der Waals surface area contributed by atoms with Gasteiger partial charge in [-0.05, 0) is 90.4 Å². The van der Waals surface area contributed by atoms with Crippen LogP contribution in [0.2, 0.25) is 0 Å². The molecule has 3 amide bonds. The number of methoxy groups -OCH3 is 2.